The summed E-state index contributed by atoms with van der Waals surface area (Å²) in [4.78, 5) is 126. The fourth-order valence-electron chi connectivity index (χ4n) is 7.96. The molecule has 2 rings (SSSR count). The molecule has 38 heteroatoms. The Kier molecular flexibility index (Phi) is 27.7. The van der Waals surface area contributed by atoms with E-state index in [4.69, 9.17) is 61.6 Å². The molecule has 2 unspecified atom stereocenters. The molecule has 24 nitrogen and oxygen atoms in total. The van der Waals surface area contributed by atoms with Crippen LogP contribution < -0.4 is 5.32 Å². The van der Waals surface area contributed by atoms with Gasteiger partial charge in [0.1, 0.15) is 37.6 Å². The van der Waals surface area contributed by atoms with E-state index in [1.165, 1.54) is 0 Å². The second-order valence-electron chi connectivity index (χ2n) is 19.1. The Morgan fingerprint density at radius 1 is 0.424 bits per heavy atom. The Bertz CT molecular complexity index is 2310. The summed E-state index contributed by atoms with van der Waals surface area (Å²) >= 11 is 1.70. The maximum absolute atomic E-state index is 15.5. The number of rotatable bonds is 30. The second kappa shape index (κ2) is 30.9. The third-order valence-corrected chi connectivity index (χ3v) is 12.7. The molecule has 12 atom stereocenters. The summed E-state index contributed by atoms with van der Waals surface area (Å²) in [7, 11) is 0. The van der Waals surface area contributed by atoms with Gasteiger partial charge in [-0.3, -0.25) is 47.9 Å². The lowest BCUT2D eigenvalue weighted by atomic mass is 9.88. The Hall–Kier alpha value is -4.84. The summed E-state index contributed by atoms with van der Waals surface area (Å²) in [5.74, 6) is -55.7. The van der Waals surface area contributed by atoms with Crippen LogP contribution in [0.3, 0.4) is 0 Å². The Morgan fingerprint density at radius 3 is 1.04 bits per heavy atom. The first-order chi connectivity index (χ1) is 38.7. The number of halogens is 14. The number of hydrogen-bond donors (Lipinski definition) is 1. The minimum absolute atomic E-state index is 0.713. The van der Waals surface area contributed by atoms with E-state index in [0.717, 1.165) is 107 Å². The smallest absolute Gasteiger partial charge is 0.384 e. The highest BCUT2D eigenvalue weighted by Crippen LogP contribution is 2.61. The summed E-state index contributed by atoms with van der Waals surface area (Å²) in [6.45, 7) is 2.24. The summed E-state index contributed by atoms with van der Waals surface area (Å²) in [6.07, 6.45) is -26.8. The second-order valence-corrected chi connectivity index (χ2v) is 23.0. The zero-order valence-electron chi connectivity index (χ0n) is 46.3. The minimum atomic E-state index is -7.97. The lowest BCUT2D eigenvalue weighted by molar-refractivity contribution is -0.425. The number of esters is 9. The predicted octanol–water partition coefficient (Wildman–Crippen LogP) is 5.21. The molecule has 2 heterocycles. The fourth-order valence-corrected chi connectivity index (χ4v) is 9.47. The van der Waals surface area contributed by atoms with Crippen molar-refractivity contribution < 1.29 is 162 Å². The van der Waals surface area contributed by atoms with Crippen molar-refractivity contribution in [3.63, 3.8) is 0 Å². The molecule has 2 aliphatic rings. The molecule has 0 aromatic heterocycles. The molecule has 0 bridgehead atoms. The van der Waals surface area contributed by atoms with E-state index in [0.29, 0.717) is 6.92 Å². The van der Waals surface area contributed by atoms with Gasteiger partial charge in [0.2, 0.25) is 5.91 Å². The molecule has 0 aromatic rings. The van der Waals surface area contributed by atoms with E-state index in [9.17, 15) is 83.1 Å². The normalized spacial score (nSPS) is 24.0. The predicted molar refractivity (Wildman–Crippen MR) is 268 cm³/mol. The first-order valence-electron chi connectivity index (χ1n) is 24.5. The van der Waals surface area contributed by atoms with Crippen LogP contribution in [0.25, 0.3) is 0 Å². The first-order valence-corrected chi connectivity index (χ1v) is 27.0. The van der Waals surface area contributed by atoms with Crippen molar-refractivity contribution in [2.75, 3.05) is 33.0 Å². The summed E-state index contributed by atoms with van der Waals surface area (Å²) < 4.78 is 245. The van der Waals surface area contributed by atoms with Gasteiger partial charge in [0.05, 0.1) is 13.2 Å². The van der Waals surface area contributed by atoms with Crippen LogP contribution in [0.4, 0.5) is 52.7 Å². The topological polar surface area (TPSA) is 303 Å². The molecular formula is C47H59F12I2NO23. The quantitative estimate of drug-likeness (QED) is 0.0317. The molecule has 0 aromatic carbocycles. The maximum Gasteiger partial charge on any atom is 0.384 e. The first kappa shape index (κ1) is 76.3. The van der Waals surface area contributed by atoms with Gasteiger partial charge in [0.25, 0.3) is 0 Å². The molecule has 0 aliphatic carbocycles. The number of amides is 1. The van der Waals surface area contributed by atoms with Crippen LogP contribution in [-0.4, -0.2) is 203 Å². The Labute approximate surface area is 502 Å². The molecule has 2 saturated heterocycles. The molecule has 1 N–H and O–H groups in total. The van der Waals surface area contributed by atoms with E-state index < -0.39 is 222 Å². The third kappa shape index (κ3) is 20.6. The Balaban J connectivity index is 2.97. The zero-order chi connectivity index (χ0) is 65.8. The number of carbonyl (C=O) groups is 10. The van der Waals surface area contributed by atoms with Crippen LogP contribution in [0.2, 0.25) is 0 Å². The standard InChI is InChI=1S/C47H59F12I2NO23/c1-19(60)12-42(48,49)44(52,53)46(56,57)47(58,59)45(54,55)43(50,51)13-29(61)11-32(72)62-41(16-75-22(4)65,17-76-39-37(82-27(9)70)35(80-25(7)68)33(78-23(5)66)30(84-39)14-73-20(2)63)18-77-40-38(83-28(10)71)36(81-26(8)69)34(79-24(6)67)31(85-40)15-74-21(3)64/h19,29-31,33-40H,11-18H2,1-10H3,(H,62,72)/t19?,29?,30-,31-,33-,34-,35+,36+,37-,38-,39-,40-/m1/s1. The van der Waals surface area contributed by atoms with Crippen molar-refractivity contribution >= 4 is 105 Å². The number of alkyl halides is 14. The highest BCUT2D eigenvalue weighted by molar-refractivity contribution is 14.1. The SMILES string of the molecule is CC(=O)OC[C@H]1O[C@@H](OCC(COC(C)=O)(CO[C@@H]2O[C@H](COC(C)=O)[C@@H](OC(C)=O)[C@H](OC(C)=O)[C@H]2OC(C)=O)NC(=O)CC(I)CC(F)(F)C(F)(F)C(F)(F)C(F)(F)C(F)(F)C(F)(F)CC(C)I)[C@H](OC(C)=O)[C@@H](OC(C)=O)[C@@H]1OC(C)=O. The fraction of sp³-hybridized carbons (Fsp3) is 0.787. The van der Waals surface area contributed by atoms with Crippen LogP contribution in [0, 0.1) is 0 Å². The summed E-state index contributed by atoms with van der Waals surface area (Å²) in [5.41, 5.74) is -2.80. The Morgan fingerprint density at radius 2 is 0.729 bits per heavy atom. The molecule has 2 aliphatic heterocycles. The van der Waals surface area contributed by atoms with Gasteiger partial charge in [-0.15, -0.1) is 0 Å². The van der Waals surface area contributed by atoms with E-state index >= 15 is 17.6 Å². The molecule has 0 spiro atoms. The monoisotopic (exact) mass is 1490 g/mol. The van der Waals surface area contributed by atoms with Gasteiger partial charge in [-0.2, -0.15) is 52.7 Å². The molecule has 0 radical (unpaired) electrons. The number of hydrogen-bond acceptors (Lipinski definition) is 23. The van der Waals surface area contributed by atoms with Gasteiger partial charge in [-0.05, 0) is 0 Å². The third-order valence-electron chi connectivity index (χ3n) is 11.4. The molecule has 2 fully saturated rings. The summed E-state index contributed by atoms with van der Waals surface area (Å²) in [5, 5.41) is 2.07. The molecule has 1 amide bonds. The zero-order valence-corrected chi connectivity index (χ0v) is 50.6. The average Bonchev–Trinajstić information content (AvgIpc) is 0.948. The van der Waals surface area contributed by atoms with Gasteiger partial charge < -0.3 is 66.9 Å². The van der Waals surface area contributed by atoms with Crippen LogP contribution >= 0.6 is 45.2 Å². The van der Waals surface area contributed by atoms with Crippen molar-refractivity contribution in [3.8, 4) is 0 Å². The van der Waals surface area contributed by atoms with E-state index in [-0.39, 0.29) is 0 Å². The maximum atomic E-state index is 15.5. The molecule has 488 valence electrons. The van der Waals surface area contributed by atoms with Crippen molar-refractivity contribution in [1.29, 1.82) is 0 Å². The lowest BCUT2D eigenvalue weighted by Crippen LogP contribution is -2.70. The average molecular weight is 1490 g/mol. The van der Waals surface area contributed by atoms with Gasteiger partial charge in [0, 0.05) is 89.4 Å². The van der Waals surface area contributed by atoms with Gasteiger partial charge >= 0.3 is 89.3 Å². The highest BCUT2D eigenvalue weighted by Gasteiger charge is 2.89. The van der Waals surface area contributed by atoms with Crippen LogP contribution in [-0.2, 0) is 110 Å². The van der Waals surface area contributed by atoms with Crippen molar-refractivity contribution in [2.45, 2.75) is 199 Å². The van der Waals surface area contributed by atoms with Gasteiger partial charge in [0.15, 0.2) is 49.2 Å². The summed E-state index contributed by atoms with van der Waals surface area (Å²) in [6, 6.07) is 0. The van der Waals surface area contributed by atoms with E-state index in [1.807, 2.05) is 0 Å². The highest BCUT2D eigenvalue weighted by atomic mass is 127. The van der Waals surface area contributed by atoms with Crippen LogP contribution in [0.1, 0.15) is 88.5 Å². The minimum Gasteiger partial charge on any atom is -0.463 e. The van der Waals surface area contributed by atoms with E-state index in [2.05, 4.69) is 5.32 Å². The van der Waals surface area contributed by atoms with Crippen LogP contribution in [0.5, 0.6) is 0 Å². The number of nitrogens with one attached hydrogen (secondary N) is 1. The number of carbonyl (C=O) groups excluding carboxylic acids is 10. The van der Waals surface area contributed by atoms with Crippen molar-refractivity contribution in [2.24, 2.45) is 0 Å². The van der Waals surface area contributed by atoms with Crippen molar-refractivity contribution in [3.05, 3.63) is 0 Å². The lowest BCUT2D eigenvalue weighted by Gasteiger charge is -2.46. The number of ether oxygens (including phenoxy) is 13. The van der Waals surface area contributed by atoms with Crippen LogP contribution in [0.15, 0.2) is 0 Å². The van der Waals surface area contributed by atoms with E-state index in [1.54, 1.807) is 0 Å². The van der Waals surface area contributed by atoms with Gasteiger partial charge in [-0.25, -0.2) is 0 Å². The molecule has 0 saturated carbocycles. The molecular weight excluding hydrogens is 1430 g/mol. The molecule has 85 heavy (non-hydrogen) atoms. The largest absolute Gasteiger partial charge is 0.463 e. The van der Waals surface area contributed by atoms with Crippen molar-refractivity contribution in [1.82, 2.24) is 5.32 Å². The van der Waals surface area contributed by atoms with Gasteiger partial charge in [-0.1, -0.05) is 52.1 Å².